The van der Waals surface area contributed by atoms with Crippen LogP contribution in [0, 0.1) is 5.41 Å². The molecule has 4 nitrogen and oxygen atoms in total. The van der Waals surface area contributed by atoms with Crippen molar-refractivity contribution in [2.75, 3.05) is 20.2 Å². The quantitative estimate of drug-likeness (QED) is 0.821. The number of hydrogen-bond donors (Lipinski definition) is 2. The van der Waals surface area contributed by atoms with Crippen molar-refractivity contribution in [1.82, 2.24) is 4.90 Å². The van der Waals surface area contributed by atoms with Crippen molar-refractivity contribution in [3.05, 3.63) is 35.9 Å². The third-order valence-corrected chi connectivity index (χ3v) is 4.60. The highest BCUT2D eigenvalue weighted by Gasteiger charge is 2.33. The Bertz CT molecular complexity index is 540. The largest absolute Gasteiger partial charge is 0.504 e. The fraction of sp³-hybridized carbons (Fsp3) is 0.556. The molecule has 1 heterocycles. The molecule has 0 aliphatic carbocycles. The molecule has 4 heteroatoms. The Hall–Kier alpha value is -1.52. The molecule has 1 atom stereocenters. The van der Waals surface area contributed by atoms with Gasteiger partial charge in [0.05, 0.1) is 7.11 Å². The predicted octanol–water partition coefficient (Wildman–Crippen LogP) is 2.69. The molecule has 0 bridgehead atoms. The first-order valence-corrected chi connectivity index (χ1v) is 7.85. The molecule has 1 unspecified atom stereocenters. The van der Waals surface area contributed by atoms with E-state index in [0.29, 0.717) is 12.2 Å². The van der Waals surface area contributed by atoms with Crippen LogP contribution in [0.2, 0.25) is 0 Å². The summed E-state index contributed by atoms with van der Waals surface area (Å²) in [4.78, 5) is 2.42. The highest BCUT2D eigenvalue weighted by molar-refractivity contribution is 5.49. The summed E-state index contributed by atoms with van der Waals surface area (Å²) in [6, 6.07) is 4.22. The molecule has 0 aromatic heterocycles. The molecule has 0 amide bonds. The Kier molecular flexibility index (Phi) is 5.14. The van der Waals surface area contributed by atoms with E-state index in [1.807, 2.05) is 12.1 Å². The average molecular weight is 304 g/mol. The Morgan fingerprint density at radius 3 is 2.82 bits per heavy atom. The minimum Gasteiger partial charge on any atom is -0.504 e. The summed E-state index contributed by atoms with van der Waals surface area (Å²) in [5.41, 5.74) is 8.34. The maximum absolute atomic E-state index is 10.2. The van der Waals surface area contributed by atoms with E-state index >= 15 is 0 Å². The molecule has 0 saturated carbocycles. The molecule has 2 rings (SSSR count). The van der Waals surface area contributed by atoms with Gasteiger partial charge in [0.25, 0.3) is 0 Å². The first-order valence-electron chi connectivity index (χ1n) is 7.85. The van der Waals surface area contributed by atoms with Crippen LogP contribution in [0.15, 0.2) is 24.8 Å². The number of benzene rings is 1. The second-order valence-electron chi connectivity index (χ2n) is 6.89. The van der Waals surface area contributed by atoms with E-state index in [1.54, 1.807) is 13.2 Å². The average Bonchev–Trinajstić information content (AvgIpc) is 2.46. The molecule has 1 aromatic carbocycles. The number of methoxy groups -OCH3 is 1. The Balaban J connectivity index is 2.19. The van der Waals surface area contributed by atoms with E-state index in [4.69, 9.17) is 10.5 Å². The van der Waals surface area contributed by atoms with Crippen LogP contribution < -0.4 is 10.5 Å². The molecule has 22 heavy (non-hydrogen) atoms. The zero-order chi connectivity index (χ0) is 16.3. The van der Waals surface area contributed by atoms with Crippen LogP contribution in [0.5, 0.6) is 11.5 Å². The number of rotatable bonds is 5. The van der Waals surface area contributed by atoms with Gasteiger partial charge in [-0.1, -0.05) is 26.0 Å². The van der Waals surface area contributed by atoms with Gasteiger partial charge in [-0.15, -0.1) is 6.58 Å². The number of hydrogen-bond acceptors (Lipinski definition) is 4. The number of aromatic hydroxyl groups is 1. The maximum atomic E-state index is 10.2. The van der Waals surface area contributed by atoms with Gasteiger partial charge >= 0.3 is 0 Å². The van der Waals surface area contributed by atoms with Gasteiger partial charge in [-0.2, -0.15) is 0 Å². The van der Waals surface area contributed by atoms with Crippen molar-refractivity contribution in [1.29, 1.82) is 0 Å². The number of nitrogens with two attached hydrogens (primary N) is 1. The number of allylic oxidation sites excluding steroid dienone is 1. The summed E-state index contributed by atoms with van der Waals surface area (Å²) < 4.78 is 5.30. The molecule has 1 aromatic rings. The van der Waals surface area contributed by atoms with Crippen LogP contribution in [-0.2, 0) is 13.0 Å². The van der Waals surface area contributed by atoms with Gasteiger partial charge < -0.3 is 15.6 Å². The molecule has 1 fully saturated rings. The van der Waals surface area contributed by atoms with Crippen LogP contribution in [0.25, 0.3) is 0 Å². The van der Waals surface area contributed by atoms with Crippen molar-refractivity contribution in [3.63, 3.8) is 0 Å². The van der Waals surface area contributed by atoms with Gasteiger partial charge in [0.2, 0.25) is 0 Å². The maximum Gasteiger partial charge on any atom is 0.161 e. The van der Waals surface area contributed by atoms with Gasteiger partial charge in [-0.25, -0.2) is 0 Å². The SMILES string of the molecule is C=CCc1cc(CN2CCC(N)C(C)(C)C2)cc(OC)c1O. The standard InChI is InChI=1S/C18H28N2O2/c1-5-6-14-9-13(10-15(22-4)17(14)21)11-20-8-7-16(19)18(2,3)12-20/h5,9-10,16,21H,1,6-8,11-12,19H2,2-4H3. The molecule has 0 radical (unpaired) electrons. The summed E-state index contributed by atoms with van der Waals surface area (Å²) in [6.45, 7) is 11.0. The minimum absolute atomic E-state index is 0.128. The van der Waals surface area contributed by atoms with Gasteiger partial charge in [0.1, 0.15) is 0 Å². The lowest BCUT2D eigenvalue weighted by Gasteiger charge is -2.42. The smallest absolute Gasteiger partial charge is 0.161 e. The molecule has 122 valence electrons. The van der Waals surface area contributed by atoms with E-state index in [0.717, 1.165) is 37.2 Å². The van der Waals surface area contributed by atoms with Crippen LogP contribution in [0.3, 0.4) is 0 Å². The van der Waals surface area contributed by atoms with E-state index in [1.165, 1.54) is 0 Å². The predicted molar refractivity (Wildman–Crippen MR) is 90.2 cm³/mol. The number of likely N-dealkylation sites (tertiary alicyclic amines) is 1. The van der Waals surface area contributed by atoms with Crippen LogP contribution in [0.1, 0.15) is 31.4 Å². The number of phenols is 1. The number of phenolic OH excluding ortho intramolecular Hbond substituents is 1. The Morgan fingerprint density at radius 2 is 2.23 bits per heavy atom. The van der Waals surface area contributed by atoms with Gasteiger partial charge in [-0.3, -0.25) is 4.90 Å². The molecule has 1 aliphatic rings. The van der Waals surface area contributed by atoms with Gasteiger partial charge in [0.15, 0.2) is 11.5 Å². The zero-order valence-electron chi connectivity index (χ0n) is 13.9. The zero-order valence-corrected chi connectivity index (χ0v) is 13.9. The monoisotopic (exact) mass is 304 g/mol. The van der Waals surface area contributed by atoms with Crippen molar-refractivity contribution in [3.8, 4) is 11.5 Å². The first-order chi connectivity index (χ1) is 10.4. The topological polar surface area (TPSA) is 58.7 Å². The molecule has 1 saturated heterocycles. The van der Waals surface area contributed by atoms with Crippen LogP contribution >= 0.6 is 0 Å². The van der Waals surface area contributed by atoms with Crippen molar-refractivity contribution < 1.29 is 9.84 Å². The van der Waals surface area contributed by atoms with Crippen molar-refractivity contribution in [2.45, 2.75) is 39.3 Å². The van der Waals surface area contributed by atoms with E-state index in [9.17, 15) is 5.11 Å². The number of nitrogens with zero attached hydrogens (tertiary/aromatic N) is 1. The minimum atomic E-state index is 0.128. The second-order valence-corrected chi connectivity index (χ2v) is 6.89. The van der Waals surface area contributed by atoms with Crippen LogP contribution in [-0.4, -0.2) is 36.2 Å². The highest BCUT2D eigenvalue weighted by atomic mass is 16.5. The normalized spacial score (nSPS) is 21.5. The lowest BCUT2D eigenvalue weighted by molar-refractivity contribution is 0.0898. The lowest BCUT2D eigenvalue weighted by atomic mass is 9.79. The molecule has 3 N–H and O–H groups in total. The fourth-order valence-corrected chi connectivity index (χ4v) is 3.16. The number of piperidine rings is 1. The number of ether oxygens (including phenoxy) is 1. The fourth-order valence-electron chi connectivity index (χ4n) is 3.16. The van der Waals surface area contributed by atoms with E-state index < -0.39 is 0 Å². The Labute approximate surface area is 133 Å². The van der Waals surface area contributed by atoms with Gasteiger partial charge in [0, 0.05) is 31.2 Å². The summed E-state index contributed by atoms with van der Waals surface area (Å²) in [5, 5.41) is 10.2. The van der Waals surface area contributed by atoms with Crippen molar-refractivity contribution >= 4 is 0 Å². The summed E-state index contributed by atoms with van der Waals surface area (Å²) in [5.74, 6) is 0.745. The highest BCUT2D eigenvalue weighted by Crippen LogP contribution is 2.34. The molecule has 0 spiro atoms. The third-order valence-electron chi connectivity index (χ3n) is 4.60. The van der Waals surface area contributed by atoms with Crippen molar-refractivity contribution in [2.24, 2.45) is 11.1 Å². The lowest BCUT2D eigenvalue weighted by Crippen LogP contribution is -2.52. The first kappa shape index (κ1) is 16.8. The van der Waals surface area contributed by atoms with E-state index in [2.05, 4.69) is 25.3 Å². The third kappa shape index (κ3) is 3.62. The second kappa shape index (κ2) is 6.71. The Morgan fingerprint density at radius 1 is 1.50 bits per heavy atom. The molecule has 1 aliphatic heterocycles. The molecular formula is C18H28N2O2. The molecular weight excluding hydrogens is 276 g/mol. The summed E-state index contributed by atoms with van der Waals surface area (Å²) in [7, 11) is 1.58. The van der Waals surface area contributed by atoms with E-state index in [-0.39, 0.29) is 17.2 Å². The summed E-state index contributed by atoms with van der Waals surface area (Å²) in [6.07, 6.45) is 3.44. The van der Waals surface area contributed by atoms with Crippen LogP contribution in [0.4, 0.5) is 0 Å². The van der Waals surface area contributed by atoms with Gasteiger partial charge in [-0.05, 0) is 29.9 Å². The summed E-state index contributed by atoms with van der Waals surface area (Å²) >= 11 is 0.